The fourth-order valence-corrected chi connectivity index (χ4v) is 2.79. The monoisotopic (exact) mass is 411 g/mol. The lowest BCUT2D eigenvalue weighted by Crippen LogP contribution is -2.34. The first-order valence-corrected chi connectivity index (χ1v) is 9.88. The number of nitrogens with one attached hydrogen (secondary N) is 3. The molecule has 1 aliphatic heterocycles. The summed E-state index contributed by atoms with van der Waals surface area (Å²) in [4.78, 5) is 36.1. The predicted octanol–water partition coefficient (Wildman–Crippen LogP) is 2.95. The quantitative estimate of drug-likeness (QED) is 0.579. The van der Waals surface area contributed by atoms with Gasteiger partial charge in [-0.25, -0.2) is 0 Å². The van der Waals surface area contributed by atoms with Gasteiger partial charge in [-0.05, 0) is 55.8 Å². The Hall–Kier alpha value is -3.55. The van der Waals surface area contributed by atoms with Crippen molar-refractivity contribution in [1.82, 2.24) is 5.32 Å². The van der Waals surface area contributed by atoms with Crippen LogP contribution in [0.3, 0.4) is 0 Å². The molecule has 8 heteroatoms. The molecule has 0 spiro atoms. The van der Waals surface area contributed by atoms with E-state index >= 15 is 0 Å². The molecule has 1 heterocycles. The number of rotatable bonds is 8. The van der Waals surface area contributed by atoms with Crippen LogP contribution in [-0.4, -0.2) is 37.0 Å². The van der Waals surface area contributed by atoms with E-state index in [1.807, 2.05) is 0 Å². The van der Waals surface area contributed by atoms with Gasteiger partial charge in [0.2, 0.25) is 5.91 Å². The molecule has 3 N–H and O–H groups in total. The van der Waals surface area contributed by atoms with Crippen LogP contribution in [0.1, 0.15) is 37.0 Å². The highest BCUT2D eigenvalue weighted by molar-refractivity contribution is 6.01. The second kappa shape index (κ2) is 9.78. The van der Waals surface area contributed by atoms with Crippen molar-refractivity contribution in [3.05, 3.63) is 48.0 Å². The van der Waals surface area contributed by atoms with Crippen molar-refractivity contribution in [2.75, 3.05) is 23.8 Å². The topological polar surface area (TPSA) is 106 Å². The number of carbonyl (C=O) groups excluding carboxylic acids is 3. The first-order chi connectivity index (χ1) is 14.5. The van der Waals surface area contributed by atoms with E-state index in [-0.39, 0.29) is 24.3 Å². The minimum atomic E-state index is -0.565. The molecule has 3 rings (SSSR count). The van der Waals surface area contributed by atoms with Crippen LogP contribution in [0.5, 0.6) is 11.5 Å². The summed E-state index contributed by atoms with van der Waals surface area (Å²) in [5.41, 5.74) is 1.41. The van der Waals surface area contributed by atoms with Crippen LogP contribution in [0.4, 0.5) is 11.4 Å². The molecule has 30 heavy (non-hydrogen) atoms. The Labute approximate surface area is 174 Å². The average molecular weight is 411 g/mol. The minimum absolute atomic E-state index is 0.190. The van der Waals surface area contributed by atoms with E-state index in [1.165, 1.54) is 0 Å². The van der Waals surface area contributed by atoms with Gasteiger partial charge in [0, 0.05) is 11.3 Å². The van der Waals surface area contributed by atoms with E-state index < -0.39 is 6.10 Å². The molecule has 0 saturated carbocycles. The van der Waals surface area contributed by atoms with Crippen molar-refractivity contribution in [3.63, 3.8) is 0 Å². The van der Waals surface area contributed by atoms with Crippen molar-refractivity contribution < 1.29 is 23.9 Å². The number of ether oxygens (including phenoxy) is 2. The van der Waals surface area contributed by atoms with Gasteiger partial charge in [0.15, 0.2) is 6.10 Å². The Kier molecular flexibility index (Phi) is 6.90. The zero-order chi connectivity index (χ0) is 21.5. The predicted molar refractivity (Wildman–Crippen MR) is 113 cm³/mol. The zero-order valence-corrected chi connectivity index (χ0v) is 17.0. The van der Waals surface area contributed by atoms with Crippen molar-refractivity contribution in [2.45, 2.75) is 32.8 Å². The average Bonchev–Trinajstić information content (AvgIpc) is 2.74. The lowest BCUT2D eigenvalue weighted by Gasteiger charge is -2.23. The summed E-state index contributed by atoms with van der Waals surface area (Å²) in [5, 5.41) is 7.98. The van der Waals surface area contributed by atoms with Gasteiger partial charge in [0.1, 0.15) is 11.5 Å². The van der Waals surface area contributed by atoms with Crippen LogP contribution in [-0.2, 0) is 9.59 Å². The summed E-state index contributed by atoms with van der Waals surface area (Å²) in [6.45, 7) is 4.19. The summed E-state index contributed by atoms with van der Waals surface area (Å²) in [6.07, 6.45) is 1.46. The SMILES string of the molecule is CCCCOc1ccc(C(=O)NCC(=O)Nc2ccc3c(c2)NC(=O)[C@@H](C)O3)cc1. The molecule has 0 aliphatic carbocycles. The van der Waals surface area contributed by atoms with Gasteiger partial charge in [-0.2, -0.15) is 0 Å². The fraction of sp³-hybridized carbons (Fsp3) is 0.318. The maximum absolute atomic E-state index is 12.2. The molecule has 0 fully saturated rings. The highest BCUT2D eigenvalue weighted by Crippen LogP contribution is 2.32. The summed E-state index contributed by atoms with van der Waals surface area (Å²) in [7, 11) is 0. The largest absolute Gasteiger partial charge is 0.494 e. The van der Waals surface area contributed by atoms with E-state index in [1.54, 1.807) is 49.4 Å². The highest BCUT2D eigenvalue weighted by atomic mass is 16.5. The van der Waals surface area contributed by atoms with Crippen molar-refractivity contribution >= 4 is 29.1 Å². The number of fused-ring (bicyclic) bond motifs is 1. The number of hydrogen-bond acceptors (Lipinski definition) is 5. The van der Waals surface area contributed by atoms with E-state index in [9.17, 15) is 14.4 Å². The molecule has 2 aromatic rings. The Morgan fingerprint density at radius 3 is 2.67 bits per heavy atom. The summed E-state index contributed by atoms with van der Waals surface area (Å²) in [6, 6.07) is 11.7. The minimum Gasteiger partial charge on any atom is -0.494 e. The number of unbranched alkanes of at least 4 members (excludes halogenated alkanes) is 1. The summed E-state index contributed by atoms with van der Waals surface area (Å²) < 4.78 is 11.0. The van der Waals surface area contributed by atoms with Gasteiger partial charge in [-0.1, -0.05) is 13.3 Å². The smallest absolute Gasteiger partial charge is 0.265 e. The number of carbonyl (C=O) groups is 3. The van der Waals surface area contributed by atoms with Crippen LogP contribution < -0.4 is 25.4 Å². The van der Waals surface area contributed by atoms with Crippen molar-refractivity contribution in [3.8, 4) is 11.5 Å². The lowest BCUT2D eigenvalue weighted by atomic mass is 10.2. The second-order valence-corrected chi connectivity index (χ2v) is 6.92. The normalized spacial score (nSPS) is 14.7. The molecule has 0 radical (unpaired) electrons. The van der Waals surface area contributed by atoms with Crippen molar-refractivity contribution in [2.24, 2.45) is 0 Å². The molecule has 3 amide bonds. The number of amides is 3. The first kappa shape index (κ1) is 21.2. The number of hydrogen-bond donors (Lipinski definition) is 3. The van der Waals surface area contributed by atoms with Gasteiger partial charge in [-0.3, -0.25) is 14.4 Å². The molecule has 8 nitrogen and oxygen atoms in total. The lowest BCUT2D eigenvalue weighted by molar-refractivity contribution is -0.122. The molecule has 0 unspecified atom stereocenters. The number of benzene rings is 2. The van der Waals surface area contributed by atoms with Gasteiger partial charge < -0.3 is 25.4 Å². The second-order valence-electron chi connectivity index (χ2n) is 6.92. The zero-order valence-electron chi connectivity index (χ0n) is 17.0. The summed E-state index contributed by atoms with van der Waals surface area (Å²) >= 11 is 0. The van der Waals surface area contributed by atoms with Gasteiger partial charge in [-0.15, -0.1) is 0 Å². The maximum atomic E-state index is 12.2. The molecule has 1 aliphatic rings. The molecule has 1 atom stereocenters. The van der Waals surface area contributed by atoms with Gasteiger partial charge in [0.25, 0.3) is 11.8 Å². The standard InChI is InChI=1S/C22H25N3O5/c1-3-4-11-29-17-8-5-15(6-9-17)22(28)23-13-20(26)24-16-7-10-19-18(12-16)25-21(27)14(2)30-19/h5-10,12,14H,3-4,11,13H2,1-2H3,(H,23,28)(H,24,26)(H,25,27)/t14-/m1/s1. The van der Waals surface area contributed by atoms with Crippen LogP contribution in [0, 0.1) is 0 Å². The number of anilines is 2. The molecule has 0 aromatic heterocycles. The molecule has 0 saturated heterocycles. The van der Waals surface area contributed by atoms with Crippen LogP contribution in [0.15, 0.2) is 42.5 Å². The Morgan fingerprint density at radius 2 is 1.93 bits per heavy atom. The van der Waals surface area contributed by atoms with E-state index in [0.29, 0.717) is 35.0 Å². The molecule has 0 bridgehead atoms. The van der Waals surface area contributed by atoms with E-state index in [2.05, 4.69) is 22.9 Å². The molecule has 158 valence electrons. The Morgan fingerprint density at radius 1 is 1.17 bits per heavy atom. The highest BCUT2D eigenvalue weighted by Gasteiger charge is 2.23. The van der Waals surface area contributed by atoms with Crippen LogP contribution in [0.2, 0.25) is 0 Å². The maximum Gasteiger partial charge on any atom is 0.265 e. The van der Waals surface area contributed by atoms with Crippen LogP contribution >= 0.6 is 0 Å². The summed E-state index contributed by atoms with van der Waals surface area (Å²) in [5.74, 6) is 0.246. The Balaban J connectivity index is 1.49. The van der Waals surface area contributed by atoms with Crippen LogP contribution in [0.25, 0.3) is 0 Å². The first-order valence-electron chi connectivity index (χ1n) is 9.88. The molecular formula is C22H25N3O5. The van der Waals surface area contributed by atoms with Crippen molar-refractivity contribution in [1.29, 1.82) is 0 Å². The Bertz CT molecular complexity index is 927. The third-order valence-electron chi connectivity index (χ3n) is 4.49. The third kappa shape index (κ3) is 5.50. The van der Waals surface area contributed by atoms with Gasteiger partial charge in [0.05, 0.1) is 18.8 Å². The molecular weight excluding hydrogens is 386 g/mol. The van der Waals surface area contributed by atoms with E-state index in [4.69, 9.17) is 9.47 Å². The van der Waals surface area contributed by atoms with E-state index in [0.717, 1.165) is 12.8 Å². The fourth-order valence-electron chi connectivity index (χ4n) is 2.79. The van der Waals surface area contributed by atoms with Gasteiger partial charge >= 0.3 is 0 Å². The third-order valence-corrected chi connectivity index (χ3v) is 4.49. The molecule has 2 aromatic carbocycles.